The van der Waals surface area contributed by atoms with Gasteiger partial charge in [0.15, 0.2) is 0 Å². The Morgan fingerprint density at radius 3 is 2.33 bits per heavy atom. The second kappa shape index (κ2) is 14.7. The molecule has 3 rings (SSSR count). The van der Waals surface area contributed by atoms with Crippen molar-refractivity contribution in [2.45, 2.75) is 45.2 Å². The third-order valence-electron chi connectivity index (χ3n) is 5.70. The maximum atomic E-state index is 13.5. The van der Waals surface area contributed by atoms with E-state index in [1.165, 1.54) is 0 Å². The number of nitrogens with zero attached hydrogens (tertiary/aromatic N) is 1. The molecule has 0 aliphatic carbocycles. The third kappa shape index (κ3) is 8.99. The van der Waals surface area contributed by atoms with Crippen molar-refractivity contribution in [2.75, 3.05) is 13.2 Å². The average Bonchev–Trinajstić information content (AvgIpc) is 2.89. The SMILES string of the molecule is CCCNC(=O)[C@H](Cc1ccccc1)N(Cc1ccc(Br)cc1)C(=O)CCCOc1ccc(Cl)cc1. The molecule has 0 saturated carbocycles. The summed E-state index contributed by atoms with van der Waals surface area (Å²) in [5.74, 6) is 0.494. The minimum atomic E-state index is -0.618. The van der Waals surface area contributed by atoms with Gasteiger partial charge in [0.2, 0.25) is 11.8 Å². The van der Waals surface area contributed by atoms with E-state index in [0.717, 1.165) is 22.0 Å². The summed E-state index contributed by atoms with van der Waals surface area (Å²) in [5, 5.41) is 3.65. The number of halogens is 2. The minimum absolute atomic E-state index is 0.0785. The summed E-state index contributed by atoms with van der Waals surface area (Å²) in [5.41, 5.74) is 1.97. The van der Waals surface area contributed by atoms with Crippen LogP contribution in [0.1, 0.15) is 37.3 Å². The molecule has 0 aliphatic heterocycles. The largest absolute Gasteiger partial charge is 0.494 e. The maximum absolute atomic E-state index is 13.5. The van der Waals surface area contributed by atoms with Crippen molar-refractivity contribution in [2.24, 2.45) is 0 Å². The Morgan fingerprint density at radius 1 is 0.972 bits per heavy atom. The molecule has 1 atom stereocenters. The zero-order valence-electron chi connectivity index (χ0n) is 20.5. The molecule has 190 valence electrons. The number of hydrogen-bond acceptors (Lipinski definition) is 3. The summed E-state index contributed by atoms with van der Waals surface area (Å²) in [4.78, 5) is 28.5. The van der Waals surface area contributed by atoms with Gasteiger partial charge in [-0.15, -0.1) is 0 Å². The molecule has 0 fully saturated rings. The van der Waals surface area contributed by atoms with E-state index in [-0.39, 0.29) is 18.2 Å². The Balaban J connectivity index is 1.76. The van der Waals surface area contributed by atoms with Gasteiger partial charge in [-0.3, -0.25) is 9.59 Å². The number of rotatable bonds is 13. The van der Waals surface area contributed by atoms with E-state index in [9.17, 15) is 9.59 Å². The summed E-state index contributed by atoms with van der Waals surface area (Å²) < 4.78 is 6.73. The molecule has 2 amide bonds. The lowest BCUT2D eigenvalue weighted by Crippen LogP contribution is -2.50. The molecule has 7 heteroatoms. The Bertz CT molecular complexity index is 1090. The number of ether oxygens (including phenoxy) is 1. The van der Waals surface area contributed by atoms with Crippen LogP contribution in [-0.2, 0) is 22.6 Å². The number of carbonyl (C=O) groups is 2. The van der Waals surface area contributed by atoms with E-state index in [0.29, 0.717) is 43.3 Å². The molecule has 0 saturated heterocycles. The maximum Gasteiger partial charge on any atom is 0.243 e. The van der Waals surface area contributed by atoms with Crippen LogP contribution >= 0.6 is 27.5 Å². The highest BCUT2D eigenvalue weighted by atomic mass is 79.9. The van der Waals surface area contributed by atoms with Crippen molar-refractivity contribution in [3.8, 4) is 5.75 Å². The van der Waals surface area contributed by atoms with Crippen molar-refractivity contribution >= 4 is 39.3 Å². The number of nitrogens with one attached hydrogen (secondary N) is 1. The van der Waals surface area contributed by atoms with Gasteiger partial charge in [0, 0.05) is 35.4 Å². The molecule has 3 aromatic rings. The van der Waals surface area contributed by atoms with Gasteiger partial charge < -0.3 is 15.0 Å². The third-order valence-corrected chi connectivity index (χ3v) is 6.48. The Hall–Kier alpha value is -2.83. The molecule has 0 unspecified atom stereocenters. The van der Waals surface area contributed by atoms with Crippen molar-refractivity contribution in [3.05, 3.63) is 99.5 Å². The van der Waals surface area contributed by atoms with Gasteiger partial charge >= 0.3 is 0 Å². The predicted octanol–water partition coefficient (Wildman–Crippen LogP) is 6.43. The fourth-order valence-electron chi connectivity index (χ4n) is 3.79. The van der Waals surface area contributed by atoms with Gasteiger partial charge in [-0.05, 0) is 60.4 Å². The predicted molar refractivity (Wildman–Crippen MR) is 148 cm³/mol. The van der Waals surface area contributed by atoms with E-state index in [4.69, 9.17) is 16.3 Å². The highest BCUT2D eigenvalue weighted by Crippen LogP contribution is 2.19. The number of hydrogen-bond donors (Lipinski definition) is 1. The highest BCUT2D eigenvalue weighted by molar-refractivity contribution is 9.10. The molecule has 3 aromatic carbocycles. The first kappa shape index (κ1) is 27.8. The Labute approximate surface area is 226 Å². The van der Waals surface area contributed by atoms with Crippen LogP contribution in [0, 0.1) is 0 Å². The fraction of sp³-hybridized carbons (Fsp3) is 0.310. The summed E-state index contributed by atoms with van der Waals surface area (Å²) in [6.45, 7) is 3.32. The summed E-state index contributed by atoms with van der Waals surface area (Å²) in [6.07, 6.45) is 2.08. The molecular formula is C29H32BrClN2O3. The Morgan fingerprint density at radius 2 is 1.67 bits per heavy atom. The highest BCUT2D eigenvalue weighted by Gasteiger charge is 2.30. The average molecular weight is 572 g/mol. The van der Waals surface area contributed by atoms with Crippen molar-refractivity contribution < 1.29 is 14.3 Å². The first-order valence-corrected chi connectivity index (χ1v) is 13.4. The standard InChI is InChI=1S/C29H32BrClN2O3/c1-2-18-32-29(35)27(20-22-7-4-3-5-8-22)33(21-23-10-12-24(30)13-11-23)28(34)9-6-19-36-26-16-14-25(31)15-17-26/h3-5,7-8,10-17,27H,2,6,9,18-21H2,1H3,(H,32,35)/t27-/m0/s1. The summed E-state index contributed by atoms with van der Waals surface area (Å²) >= 11 is 9.39. The van der Waals surface area contributed by atoms with Gasteiger partial charge in [0.25, 0.3) is 0 Å². The molecule has 5 nitrogen and oxygen atoms in total. The Kier molecular flexibility index (Phi) is 11.3. The lowest BCUT2D eigenvalue weighted by atomic mass is 10.0. The molecule has 0 aliphatic rings. The van der Waals surface area contributed by atoms with E-state index in [1.807, 2.05) is 61.5 Å². The van der Waals surface area contributed by atoms with Crippen LogP contribution < -0.4 is 10.1 Å². The van der Waals surface area contributed by atoms with Crippen LogP contribution in [0.4, 0.5) is 0 Å². The molecule has 0 heterocycles. The number of amides is 2. The quantitative estimate of drug-likeness (QED) is 0.241. The first-order chi connectivity index (χ1) is 17.5. The number of carbonyl (C=O) groups excluding carboxylic acids is 2. The van der Waals surface area contributed by atoms with E-state index < -0.39 is 6.04 Å². The van der Waals surface area contributed by atoms with Crippen molar-refractivity contribution in [1.82, 2.24) is 10.2 Å². The van der Waals surface area contributed by atoms with Gasteiger partial charge in [-0.1, -0.05) is 76.9 Å². The van der Waals surface area contributed by atoms with Gasteiger partial charge in [-0.2, -0.15) is 0 Å². The zero-order chi connectivity index (χ0) is 25.8. The molecule has 0 spiro atoms. The zero-order valence-corrected chi connectivity index (χ0v) is 22.8. The lowest BCUT2D eigenvalue weighted by molar-refractivity contribution is -0.141. The molecule has 1 N–H and O–H groups in total. The van der Waals surface area contributed by atoms with E-state index >= 15 is 0 Å². The summed E-state index contributed by atoms with van der Waals surface area (Å²) in [6, 6.07) is 24.2. The first-order valence-electron chi connectivity index (χ1n) is 12.2. The molecule has 36 heavy (non-hydrogen) atoms. The van der Waals surface area contributed by atoms with Crippen molar-refractivity contribution in [1.29, 1.82) is 0 Å². The lowest BCUT2D eigenvalue weighted by Gasteiger charge is -2.31. The van der Waals surface area contributed by atoms with Crippen LogP contribution in [0.2, 0.25) is 5.02 Å². The minimum Gasteiger partial charge on any atom is -0.494 e. The van der Waals surface area contributed by atoms with Crippen LogP contribution in [0.15, 0.2) is 83.3 Å². The van der Waals surface area contributed by atoms with Crippen LogP contribution in [0.5, 0.6) is 5.75 Å². The molecular weight excluding hydrogens is 540 g/mol. The van der Waals surface area contributed by atoms with Crippen LogP contribution in [-0.4, -0.2) is 35.9 Å². The van der Waals surface area contributed by atoms with E-state index in [1.54, 1.807) is 29.2 Å². The number of benzene rings is 3. The summed E-state index contributed by atoms with van der Waals surface area (Å²) in [7, 11) is 0. The van der Waals surface area contributed by atoms with E-state index in [2.05, 4.69) is 21.2 Å². The van der Waals surface area contributed by atoms with Gasteiger partial charge in [0.05, 0.1) is 6.61 Å². The van der Waals surface area contributed by atoms with Gasteiger partial charge in [-0.25, -0.2) is 0 Å². The fourth-order valence-corrected chi connectivity index (χ4v) is 4.18. The van der Waals surface area contributed by atoms with Crippen LogP contribution in [0.25, 0.3) is 0 Å². The van der Waals surface area contributed by atoms with Gasteiger partial charge in [0.1, 0.15) is 11.8 Å². The normalized spacial score (nSPS) is 11.5. The monoisotopic (exact) mass is 570 g/mol. The second-order valence-corrected chi connectivity index (χ2v) is 9.90. The second-order valence-electron chi connectivity index (χ2n) is 8.55. The molecule has 0 bridgehead atoms. The van der Waals surface area contributed by atoms with Crippen LogP contribution in [0.3, 0.4) is 0 Å². The smallest absolute Gasteiger partial charge is 0.243 e. The topological polar surface area (TPSA) is 58.6 Å². The molecule has 0 aromatic heterocycles. The van der Waals surface area contributed by atoms with Crippen molar-refractivity contribution in [3.63, 3.8) is 0 Å². The molecule has 0 radical (unpaired) electrons.